The van der Waals surface area contributed by atoms with Gasteiger partial charge in [0.25, 0.3) is 0 Å². The van der Waals surface area contributed by atoms with Gasteiger partial charge in [0.05, 0.1) is 6.54 Å². The van der Waals surface area contributed by atoms with Crippen LogP contribution in [0.3, 0.4) is 0 Å². The first-order chi connectivity index (χ1) is 10.5. The molecule has 122 valence electrons. The van der Waals surface area contributed by atoms with Gasteiger partial charge in [-0.2, -0.15) is 0 Å². The summed E-state index contributed by atoms with van der Waals surface area (Å²) in [5.41, 5.74) is 1.56. The van der Waals surface area contributed by atoms with Gasteiger partial charge < -0.3 is 15.1 Å². The minimum absolute atomic E-state index is 0.171. The lowest BCUT2D eigenvalue weighted by molar-refractivity contribution is -0.133. The molecule has 4 heteroatoms. The van der Waals surface area contributed by atoms with Crippen molar-refractivity contribution in [2.24, 2.45) is 0 Å². The van der Waals surface area contributed by atoms with Gasteiger partial charge >= 0.3 is 0 Å². The Labute approximate surface area is 134 Å². The Balaban J connectivity index is 1.87. The zero-order chi connectivity index (χ0) is 16.0. The second kappa shape index (κ2) is 7.75. The average molecular weight is 303 g/mol. The summed E-state index contributed by atoms with van der Waals surface area (Å²) in [6.07, 6.45) is 4.29. The van der Waals surface area contributed by atoms with Crippen LogP contribution >= 0.6 is 0 Å². The van der Waals surface area contributed by atoms with Crippen molar-refractivity contribution in [1.82, 2.24) is 15.1 Å². The summed E-state index contributed by atoms with van der Waals surface area (Å²) in [7, 11) is 5.95. The highest BCUT2D eigenvalue weighted by Gasteiger charge is 2.34. The Morgan fingerprint density at radius 1 is 1.23 bits per heavy atom. The molecule has 1 aromatic rings. The highest BCUT2D eigenvalue weighted by atomic mass is 16.2. The number of carbonyl (C=O) groups excluding carboxylic acids is 1. The Bertz CT molecular complexity index is 464. The van der Waals surface area contributed by atoms with Crippen LogP contribution in [0, 0.1) is 0 Å². The van der Waals surface area contributed by atoms with Gasteiger partial charge in [-0.25, -0.2) is 0 Å². The van der Waals surface area contributed by atoms with E-state index in [4.69, 9.17) is 0 Å². The largest absolute Gasteiger partial charge is 0.341 e. The summed E-state index contributed by atoms with van der Waals surface area (Å²) in [6.45, 7) is 2.24. The van der Waals surface area contributed by atoms with Gasteiger partial charge in [-0.05, 0) is 52.4 Å². The number of aryl methyl sites for hydroxylation is 1. The molecule has 4 nitrogen and oxygen atoms in total. The number of hydrogen-bond acceptors (Lipinski definition) is 3. The van der Waals surface area contributed by atoms with Gasteiger partial charge in [0.1, 0.15) is 0 Å². The van der Waals surface area contributed by atoms with Gasteiger partial charge in [-0.1, -0.05) is 30.3 Å². The van der Waals surface area contributed by atoms with E-state index >= 15 is 0 Å². The lowest BCUT2D eigenvalue weighted by atomic mass is 9.82. The lowest BCUT2D eigenvalue weighted by Crippen LogP contribution is -2.54. The van der Waals surface area contributed by atoms with Gasteiger partial charge in [0.15, 0.2) is 0 Å². The first-order valence-electron chi connectivity index (χ1n) is 8.20. The van der Waals surface area contributed by atoms with Crippen LogP contribution < -0.4 is 5.32 Å². The van der Waals surface area contributed by atoms with Crippen LogP contribution in [0.2, 0.25) is 0 Å². The van der Waals surface area contributed by atoms with Crippen molar-refractivity contribution in [2.75, 3.05) is 40.8 Å². The summed E-state index contributed by atoms with van der Waals surface area (Å²) < 4.78 is 0. The molecule has 0 aliphatic carbocycles. The number of likely N-dealkylation sites (N-methyl/N-ethyl adjacent to an activating group) is 1. The van der Waals surface area contributed by atoms with Crippen LogP contribution in [-0.2, 0) is 11.2 Å². The van der Waals surface area contributed by atoms with Gasteiger partial charge in [0, 0.05) is 18.6 Å². The zero-order valence-electron chi connectivity index (χ0n) is 14.1. The third kappa shape index (κ3) is 4.55. The fourth-order valence-electron chi connectivity index (χ4n) is 3.21. The molecule has 0 aromatic heterocycles. The fraction of sp³-hybridized carbons (Fsp3) is 0.611. The van der Waals surface area contributed by atoms with Gasteiger partial charge in [0.2, 0.25) is 5.91 Å². The molecule has 1 saturated heterocycles. The second-order valence-corrected chi connectivity index (χ2v) is 6.63. The highest BCUT2D eigenvalue weighted by Crippen LogP contribution is 2.27. The van der Waals surface area contributed by atoms with E-state index in [1.807, 2.05) is 23.9 Å². The number of nitrogens with zero attached hydrogens (tertiary/aromatic N) is 2. The van der Waals surface area contributed by atoms with E-state index in [2.05, 4.69) is 42.7 Å². The number of rotatable bonds is 6. The predicted molar refractivity (Wildman–Crippen MR) is 90.9 cm³/mol. The molecule has 0 unspecified atom stereocenters. The second-order valence-electron chi connectivity index (χ2n) is 6.63. The van der Waals surface area contributed by atoms with Crippen LogP contribution in [0.5, 0.6) is 0 Å². The van der Waals surface area contributed by atoms with E-state index in [0.29, 0.717) is 6.54 Å². The summed E-state index contributed by atoms with van der Waals surface area (Å²) in [4.78, 5) is 16.1. The normalized spacial score (nSPS) is 17.7. The van der Waals surface area contributed by atoms with Crippen molar-refractivity contribution in [3.8, 4) is 0 Å². The monoisotopic (exact) mass is 303 g/mol. The first-order valence-corrected chi connectivity index (χ1v) is 8.20. The van der Waals surface area contributed by atoms with Crippen molar-refractivity contribution in [3.05, 3.63) is 35.9 Å². The molecule has 0 radical (unpaired) electrons. The molecule has 0 bridgehead atoms. The number of benzene rings is 1. The molecule has 1 amide bonds. The Kier molecular flexibility index (Phi) is 5.98. The fourth-order valence-corrected chi connectivity index (χ4v) is 3.21. The summed E-state index contributed by atoms with van der Waals surface area (Å²) in [5.74, 6) is 0.248. The van der Waals surface area contributed by atoms with Crippen molar-refractivity contribution in [3.63, 3.8) is 0 Å². The topological polar surface area (TPSA) is 35.6 Å². The molecule has 1 heterocycles. The van der Waals surface area contributed by atoms with Gasteiger partial charge in [-0.3, -0.25) is 4.79 Å². The Morgan fingerprint density at radius 3 is 2.41 bits per heavy atom. The molecule has 0 spiro atoms. The maximum absolute atomic E-state index is 12.2. The minimum Gasteiger partial charge on any atom is -0.341 e. The number of piperidine rings is 1. The van der Waals surface area contributed by atoms with E-state index < -0.39 is 0 Å². The molecule has 1 aliphatic heterocycles. The van der Waals surface area contributed by atoms with E-state index in [9.17, 15) is 4.79 Å². The maximum Gasteiger partial charge on any atom is 0.236 e. The summed E-state index contributed by atoms with van der Waals surface area (Å²) in [5, 5.41) is 3.54. The molecule has 22 heavy (non-hydrogen) atoms. The maximum atomic E-state index is 12.2. The van der Waals surface area contributed by atoms with E-state index in [0.717, 1.165) is 38.8 Å². The smallest absolute Gasteiger partial charge is 0.236 e. The quantitative estimate of drug-likeness (QED) is 0.870. The Morgan fingerprint density at radius 2 is 1.86 bits per heavy atom. The number of likely N-dealkylation sites (tertiary alicyclic amines) is 1. The Hall–Kier alpha value is -1.39. The molecular formula is C18H29N3O. The third-order valence-corrected chi connectivity index (χ3v) is 4.79. The number of hydrogen-bond donors (Lipinski definition) is 1. The highest BCUT2D eigenvalue weighted by molar-refractivity contribution is 5.78. The first kappa shape index (κ1) is 17.0. The third-order valence-electron chi connectivity index (χ3n) is 4.79. The zero-order valence-corrected chi connectivity index (χ0v) is 14.1. The van der Waals surface area contributed by atoms with Crippen LogP contribution in [-0.4, -0.2) is 62.0 Å². The predicted octanol–water partition coefficient (Wildman–Crippen LogP) is 1.76. The standard InChI is InChI=1S/C18H29N3O/c1-19-18(10-9-16-7-5-4-6-8-16)11-13-21(14-12-18)17(22)15-20(2)3/h4-8,19H,9-15H2,1-3H3. The number of amides is 1. The molecule has 1 aliphatic rings. The van der Waals surface area contributed by atoms with Crippen molar-refractivity contribution in [1.29, 1.82) is 0 Å². The van der Waals surface area contributed by atoms with Crippen LogP contribution in [0.25, 0.3) is 0 Å². The average Bonchev–Trinajstić information content (AvgIpc) is 2.54. The van der Waals surface area contributed by atoms with Crippen molar-refractivity contribution < 1.29 is 4.79 Å². The molecular weight excluding hydrogens is 274 g/mol. The van der Waals surface area contributed by atoms with Crippen molar-refractivity contribution >= 4 is 5.91 Å². The van der Waals surface area contributed by atoms with E-state index in [1.165, 1.54) is 5.56 Å². The van der Waals surface area contributed by atoms with Crippen LogP contribution in [0.15, 0.2) is 30.3 Å². The summed E-state index contributed by atoms with van der Waals surface area (Å²) >= 11 is 0. The minimum atomic E-state index is 0.171. The molecule has 1 N–H and O–H groups in total. The molecule has 1 fully saturated rings. The van der Waals surface area contributed by atoms with Crippen LogP contribution in [0.4, 0.5) is 0 Å². The van der Waals surface area contributed by atoms with Gasteiger partial charge in [-0.15, -0.1) is 0 Å². The molecule has 1 aromatic carbocycles. The SMILES string of the molecule is CNC1(CCc2ccccc2)CCN(C(=O)CN(C)C)CC1. The number of carbonyl (C=O) groups is 1. The number of nitrogens with one attached hydrogen (secondary N) is 1. The van der Waals surface area contributed by atoms with Crippen LogP contribution in [0.1, 0.15) is 24.8 Å². The van der Waals surface area contributed by atoms with E-state index in [-0.39, 0.29) is 11.4 Å². The molecule has 0 atom stereocenters. The van der Waals surface area contributed by atoms with Crippen molar-refractivity contribution in [2.45, 2.75) is 31.2 Å². The van der Waals surface area contributed by atoms with E-state index in [1.54, 1.807) is 0 Å². The molecule has 2 rings (SSSR count). The summed E-state index contributed by atoms with van der Waals surface area (Å²) in [6, 6.07) is 10.7. The molecule has 0 saturated carbocycles. The lowest BCUT2D eigenvalue weighted by Gasteiger charge is -2.42.